The molecule has 2 fully saturated rings. The van der Waals surface area contributed by atoms with Crippen LogP contribution in [0.1, 0.15) is 13.8 Å². The van der Waals surface area contributed by atoms with E-state index in [1.165, 1.54) is 0 Å². The van der Waals surface area contributed by atoms with Gasteiger partial charge in [0.2, 0.25) is 11.8 Å². The molecule has 0 aromatic carbocycles. The Hall–Kier alpha value is -1.43. The minimum Gasteiger partial charge on any atom is -0.467 e. The second-order valence-electron chi connectivity index (χ2n) is 5.10. The van der Waals surface area contributed by atoms with E-state index in [0.717, 1.165) is 12.0 Å². The van der Waals surface area contributed by atoms with E-state index in [0.29, 0.717) is 0 Å². The van der Waals surface area contributed by atoms with Gasteiger partial charge in [-0.25, -0.2) is 4.79 Å². The molecule has 1 N–H and O–H groups in total. The van der Waals surface area contributed by atoms with Crippen LogP contribution in [0, 0.1) is 17.3 Å². The average molecular weight is 241 g/mol. The lowest BCUT2D eigenvalue weighted by Crippen LogP contribution is -2.43. The van der Waals surface area contributed by atoms with Crippen molar-refractivity contribution >= 4 is 17.8 Å². The Bertz CT molecular complexity index is 379. The van der Waals surface area contributed by atoms with Gasteiger partial charge >= 0.3 is 5.97 Å². The molecule has 6 nitrogen and oxygen atoms in total. The molecule has 17 heavy (non-hydrogen) atoms. The fourth-order valence-electron chi connectivity index (χ4n) is 2.57. The summed E-state index contributed by atoms with van der Waals surface area (Å²) in [6, 6.07) is 0. The summed E-state index contributed by atoms with van der Waals surface area (Å²) in [5, 5.41) is 9.42. The summed E-state index contributed by atoms with van der Waals surface area (Å²) in [6.45, 7) is 3.42. The first kappa shape index (κ1) is 12.0. The highest BCUT2D eigenvalue weighted by Crippen LogP contribution is 2.63. The number of imide groups is 1. The summed E-state index contributed by atoms with van der Waals surface area (Å²) < 4.78 is 4.33. The molecule has 2 rings (SSSR count). The van der Waals surface area contributed by atoms with Crippen LogP contribution in [0.15, 0.2) is 0 Å². The first-order valence-electron chi connectivity index (χ1n) is 5.43. The second-order valence-corrected chi connectivity index (χ2v) is 5.10. The van der Waals surface area contributed by atoms with E-state index in [1.807, 2.05) is 13.8 Å². The number of nitrogens with zero attached hydrogens (tertiary/aromatic N) is 1. The third kappa shape index (κ3) is 1.55. The second kappa shape index (κ2) is 3.53. The molecule has 0 aromatic rings. The Morgan fingerprint density at radius 3 is 2.29 bits per heavy atom. The minimum atomic E-state index is -1.46. The van der Waals surface area contributed by atoms with Gasteiger partial charge in [0.15, 0.2) is 6.10 Å². The van der Waals surface area contributed by atoms with Crippen molar-refractivity contribution in [2.75, 3.05) is 13.7 Å². The summed E-state index contributed by atoms with van der Waals surface area (Å²) in [4.78, 5) is 35.7. The van der Waals surface area contributed by atoms with E-state index in [-0.39, 0.29) is 35.6 Å². The van der Waals surface area contributed by atoms with E-state index in [2.05, 4.69) is 4.74 Å². The smallest absolute Gasteiger partial charge is 0.336 e. The molecule has 0 spiro atoms. The van der Waals surface area contributed by atoms with Crippen LogP contribution in [0.3, 0.4) is 0 Å². The Morgan fingerprint density at radius 2 is 1.88 bits per heavy atom. The molecule has 3 atom stereocenters. The van der Waals surface area contributed by atoms with Crippen molar-refractivity contribution in [2.24, 2.45) is 17.3 Å². The zero-order valence-electron chi connectivity index (χ0n) is 9.97. The van der Waals surface area contributed by atoms with Crippen molar-refractivity contribution in [2.45, 2.75) is 20.0 Å². The number of carbonyl (C=O) groups is 3. The highest BCUT2D eigenvalue weighted by molar-refractivity contribution is 6.10. The number of fused-ring (bicyclic) bond motifs is 1. The van der Waals surface area contributed by atoms with Gasteiger partial charge in [0.25, 0.3) is 0 Å². The molecule has 2 aliphatic rings. The summed E-state index contributed by atoms with van der Waals surface area (Å²) >= 11 is 0. The third-order valence-electron chi connectivity index (χ3n) is 3.72. The van der Waals surface area contributed by atoms with Crippen LogP contribution in [-0.4, -0.2) is 47.5 Å². The fourth-order valence-corrected chi connectivity index (χ4v) is 2.57. The van der Waals surface area contributed by atoms with Crippen LogP contribution in [0.5, 0.6) is 0 Å². The molecule has 1 saturated heterocycles. The minimum absolute atomic E-state index is 0.277. The lowest BCUT2D eigenvalue weighted by Gasteiger charge is -2.22. The van der Waals surface area contributed by atoms with E-state index in [1.54, 1.807) is 0 Å². The van der Waals surface area contributed by atoms with Crippen molar-refractivity contribution < 1.29 is 24.2 Å². The van der Waals surface area contributed by atoms with Gasteiger partial charge in [-0.2, -0.15) is 0 Å². The molecule has 0 aromatic heterocycles. The quantitative estimate of drug-likeness (QED) is 0.514. The molecule has 2 amide bonds. The average Bonchev–Trinajstić information content (AvgIpc) is 2.74. The molecular formula is C11H15NO5. The normalized spacial score (nSPS) is 31.2. The van der Waals surface area contributed by atoms with Crippen molar-refractivity contribution in [3.05, 3.63) is 0 Å². The maximum atomic E-state index is 11.9. The number of rotatable bonds is 3. The number of ether oxygens (including phenoxy) is 1. The largest absolute Gasteiger partial charge is 0.467 e. The molecule has 1 saturated carbocycles. The first-order valence-corrected chi connectivity index (χ1v) is 5.43. The monoisotopic (exact) mass is 241 g/mol. The molecule has 1 aliphatic heterocycles. The number of hydrogen-bond acceptors (Lipinski definition) is 5. The van der Waals surface area contributed by atoms with Gasteiger partial charge in [-0.15, -0.1) is 0 Å². The van der Waals surface area contributed by atoms with E-state index >= 15 is 0 Å². The van der Waals surface area contributed by atoms with Gasteiger partial charge in [0.05, 0.1) is 25.5 Å². The van der Waals surface area contributed by atoms with Gasteiger partial charge in [-0.05, 0) is 5.41 Å². The Morgan fingerprint density at radius 1 is 1.41 bits per heavy atom. The number of β-amino-alcohol motifs (C(OH)–C–C–N with tert-alkyl or cyclic N) is 1. The van der Waals surface area contributed by atoms with Gasteiger partial charge in [0, 0.05) is 0 Å². The van der Waals surface area contributed by atoms with Gasteiger partial charge in [-0.3, -0.25) is 14.5 Å². The van der Waals surface area contributed by atoms with Crippen molar-refractivity contribution in [3.8, 4) is 0 Å². The number of methoxy groups -OCH3 is 1. The molecule has 1 heterocycles. The zero-order valence-corrected chi connectivity index (χ0v) is 9.97. The lowest BCUT2D eigenvalue weighted by molar-refractivity contribution is -0.154. The summed E-state index contributed by atoms with van der Waals surface area (Å²) in [5.74, 6) is -2.02. The lowest BCUT2D eigenvalue weighted by atomic mass is 10.1. The Kier molecular flexibility index (Phi) is 2.50. The molecule has 1 aliphatic carbocycles. The van der Waals surface area contributed by atoms with Crippen LogP contribution < -0.4 is 0 Å². The van der Waals surface area contributed by atoms with E-state index in [9.17, 15) is 19.5 Å². The highest BCUT2D eigenvalue weighted by Gasteiger charge is 2.72. The topological polar surface area (TPSA) is 83.9 Å². The first-order chi connectivity index (χ1) is 7.82. The third-order valence-corrected chi connectivity index (χ3v) is 3.72. The summed E-state index contributed by atoms with van der Waals surface area (Å²) in [7, 11) is 1.14. The molecule has 0 bridgehead atoms. The standard InChI is InChI=1S/C11H15NO5/c1-11(2)6-7(11)9(15)12(8(6)14)4-5(13)10(16)17-3/h5-7,13H,4H2,1-3H3. The van der Waals surface area contributed by atoms with Gasteiger partial charge in [0.1, 0.15) is 0 Å². The number of hydrogen-bond donors (Lipinski definition) is 1. The number of likely N-dealkylation sites (tertiary alicyclic amines) is 1. The number of esters is 1. The molecule has 3 unspecified atom stereocenters. The summed E-state index contributed by atoms with van der Waals surface area (Å²) in [5.41, 5.74) is -0.277. The Labute approximate surface area is 98.5 Å². The SMILES string of the molecule is COC(=O)C(O)CN1C(=O)C2C(C1=O)C2(C)C. The predicted octanol–water partition coefficient (Wildman–Crippen LogP) is -0.839. The van der Waals surface area contributed by atoms with Crippen LogP contribution in [0.4, 0.5) is 0 Å². The molecular weight excluding hydrogens is 226 g/mol. The van der Waals surface area contributed by atoms with Crippen molar-refractivity contribution in [1.29, 1.82) is 0 Å². The van der Waals surface area contributed by atoms with Crippen molar-refractivity contribution in [3.63, 3.8) is 0 Å². The number of aliphatic hydroxyl groups is 1. The van der Waals surface area contributed by atoms with Crippen LogP contribution >= 0.6 is 0 Å². The number of piperidine rings is 1. The van der Waals surface area contributed by atoms with Crippen LogP contribution in [-0.2, 0) is 19.1 Å². The molecule has 0 radical (unpaired) electrons. The highest BCUT2D eigenvalue weighted by atomic mass is 16.5. The Balaban J connectivity index is 2.04. The van der Waals surface area contributed by atoms with Crippen LogP contribution in [0.25, 0.3) is 0 Å². The maximum Gasteiger partial charge on any atom is 0.336 e. The maximum absolute atomic E-state index is 11.9. The zero-order chi connectivity index (χ0) is 13.0. The van der Waals surface area contributed by atoms with Gasteiger partial charge in [-0.1, -0.05) is 13.8 Å². The molecule has 6 heteroatoms. The predicted molar refractivity (Wildman–Crippen MR) is 55.5 cm³/mol. The van der Waals surface area contributed by atoms with E-state index in [4.69, 9.17) is 0 Å². The fraction of sp³-hybridized carbons (Fsp3) is 0.727. The number of aliphatic hydroxyl groups excluding tert-OH is 1. The number of amides is 2. The van der Waals surface area contributed by atoms with Crippen LogP contribution in [0.2, 0.25) is 0 Å². The van der Waals surface area contributed by atoms with Gasteiger partial charge < -0.3 is 9.84 Å². The van der Waals surface area contributed by atoms with E-state index < -0.39 is 12.1 Å². The van der Waals surface area contributed by atoms with Crippen molar-refractivity contribution in [1.82, 2.24) is 4.90 Å². The molecule has 94 valence electrons. The number of carbonyl (C=O) groups excluding carboxylic acids is 3. The summed E-state index contributed by atoms with van der Waals surface area (Å²) in [6.07, 6.45) is -1.46.